The number of hydrogen-bond acceptors (Lipinski definition) is 2. The van der Waals surface area contributed by atoms with Gasteiger partial charge in [0.15, 0.2) is 6.10 Å². The summed E-state index contributed by atoms with van der Waals surface area (Å²) in [5.41, 5.74) is 4.19. The Morgan fingerprint density at radius 3 is 1.87 bits per heavy atom. The van der Waals surface area contributed by atoms with Gasteiger partial charge in [-0.2, -0.15) is 0 Å². The van der Waals surface area contributed by atoms with E-state index in [9.17, 15) is 9.90 Å². The Kier molecular flexibility index (Phi) is 4.89. The number of rotatable bonds is 6. The summed E-state index contributed by atoms with van der Waals surface area (Å²) in [6, 6.07) is 33.8. The van der Waals surface area contributed by atoms with Crippen molar-refractivity contribution in [3.05, 3.63) is 109 Å². The molecule has 0 saturated heterocycles. The molecule has 0 spiro atoms. The minimum atomic E-state index is -0.977. The number of fused-ring (bicyclic) bond motifs is 3. The van der Waals surface area contributed by atoms with E-state index in [1.165, 1.54) is 10.8 Å². The SMILES string of the molecule is O=C(O)[C@@H](Cc1ccccc1)Oc1ccc(-n2c3ccccc3c3ccccc32)cc1. The molecule has 4 nitrogen and oxygen atoms in total. The third-order valence-electron chi connectivity index (χ3n) is 5.49. The van der Waals surface area contributed by atoms with Gasteiger partial charge < -0.3 is 14.4 Å². The minimum absolute atomic E-state index is 0.310. The third kappa shape index (κ3) is 3.64. The van der Waals surface area contributed by atoms with E-state index in [1.807, 2.05) is 66.7 Å². The van der Waals surface area contributed by atoms with Crippen molar-refractivity contribution in [2.75, 3.05) is 0 Å². The maximum absolute atomic E-state index is 11.7. The maximum Gasteiger partial charge on any atom is 0.345 e. The van der Waals surface area contributed by atoms with Crippen LogP contribution in [0.3, 0.4) is 0 Å². The van der Waals surface area contributed by atoms with Gasteiger partial charge in [0, 0.05) is 22.9 Å². The number of nitrogens with zero attached hydrogens (tertiary/aromatic N) is 1. The number of aliphatic carboxylic acids is 1. The van der Waals surface area contributed by atoms with Crippen LogP contribution in [-0.4, -0.2) is 21.7 Å². The van der Waals surface area contributed by atoms with Crippen LogP contribution in [0.4, 0.5) is 0 Å². The Hall–Kier alpha value is -4.05. The van der Waals surface area contributed by atoms with Gasteiger partial charge >= 0.3 is 5.97 Å². The van der Waals surface area contributed by atoms with Gasteiger partial charge in [0.2, 0.25) is 0 Å². The van der Waals surface area contributed by atoms with Crippen LogP contribution >= 0.6 is 0 Å². The highest BCUT2D eigenvalue weighted by atomic mass is 16.5. The minimum Gasteiger partial charge on any atom is -0.478 e. The molecule has 0 saturated carbocycles. The van der Waals surface area contributed by atoms with Crippen molar-refractivity contribution in [3.63, 3.8) is 0 Å². The topological polar surface area (TPSA) is 51.5 Å². The second kappa shape index (κ2) is 8.00. The van der Waals surface area contributed by atoms with Crippen LogP contribution in [0.15, 0.2) is 103 Å². The predicted molar refractivity (Wildman–Crippen MR) is 123 cm³/mol. The van der Waals surface area contributed by atoms with Gasteiger partial charge in [0.05, 0.1) is 11.0 Å². The number of carboxylic acids is 1. The van der Waals surface area contributed by atoms with Crippen LogP contribution in [0.2, 0.25) is 0 Å². The Morgan fingerprint density at radius 2 is 1.29 bits per heavy atom. The van der Waals surface area contributed by atoms with Crippen LogP contribution in [0, 0.1) is 0 Å². The third-order valence-corrected chi connectivity index (χ3v) is 5.49. The first-order valence-electron chi connectivity index (χ1n) is 10.2. The van der Waals surface area contributed by atoms with E-state index in [1.54, 1.807) is 0 Å². The molecule has 0 aliphatic rings. The molecular formula is C27H21NO3. The van der Waals surface area contributed by atoms with E-state index in [0.29, 0.717) is 12.2 Å². The lowest BCUT2D eigenvalue weighted by Crippen LogP contribution is -2.29. The Labute approximate surface area is 179 Å². The van der Waals surface area contributed by atoms with Gasteiger partial charge in [-0.25, -0.2) is 4.79 Å². The molecule has 152 valence electrons. The fourth-order valence-electron chi connectivity index (χ4n) is 4.05. The first-order valence-corrected chi connectivity index (χ1v) is 10.2. The second-order valence-electron chi connectivity index (χ2n) is 7.50. The highest BCUT2D eigenvalue weighted by molar-refractivity contribution is 6.09. The lowest BCUT2D eigenvalue weighted by atomic mass is 10.1. The average molecular weight is 407 g/mol. The molecule has 1 N–H and O–H groups in total. The molecule has 0 bridgehead atoms. The number of hydrogen-bond donors (Lipinski definition) is 1. The standard InChI is InChI=1S/C27H21NO3/c29-27(30)26(18-19-8-2-1-3-9-19)31-21-16-14-20(15-17-21)28-24-12-6-4-10-22(24)23-11-5-7-13-25(23)28/h1-17,26H,18H2,(H,29,30)/t26-/m1/s1. The zero-order valence-corrected chi connectivity index (χ0v) is 16.8. The first-order chi connectivity index (χ1) is 15.2. The zero-order chi connectivity index (χ0) is 21.2. The summed E-state index contributed by atoms with van der Waals surface area (Å²) in [5, 5.41) is 12.0. The van der Waals surface area contributed by atoms with Gasteiger partial charge in [-0.05, 0) is 42.0 Å². The Bertz CT molecular complexity index is 1300. The summed E-state index contributed by atoms with van der Waals surface area (Å²) in [6.07, 6.45) is -0.633. The Morgan fingerprint density at radius 1 is 0.742 bits per heavy atom. The summed E-state index contributed by atoms with van der Waals surface area (Å²) in [4.78, 5) is 11.7. The number of para-hydroxylation sites is 2. The van der Waals surface area contributed by atoms with Crippen molar-refractivity contribution in [3.8, 4) is 11.4 Å². The number of carboxylic acid groups (broad SMARTS) is 1. The van der Waals surface area contributed by atoms with Gasteiger partial charge in [0.25, 0.3) is 0 Å². The zero-order valence-electron chi connectivity index (χ0n) is 16.8. The molecule has 1 heterocycles. The smallest absolute Gasteiger partial charge is 0.345 e. The number of benzene rings is 4. The fourth-order valence-corrected chi connectivity index (χ4v) is 4.05. The van der Waals surface area contributed by atoms with Gasteiger partial charge in [0.1, 0.15) is 5.75 Å². The van der Waals surface area contributed by atoms with Crippen molar-refractivity contribution in [2.24, 2.45) is 0 Å². The molecule has 4 aromatic carbocycles. The molecular weight excluding hydrogens is 386 g/mol. The van der Waals surface area contributed by atoms with E-state index in [2.05, 4.69) is 41.0 Å². The summed E-state index contributed by atoms with van der Waals surface area (Å²) in [6.45, 7) is 0. The van der Waals surface area contributed by atoms with Crippen molar-refractivity contribution < 1.29 is 14.6 Å². The summed E-state index contributed by atoms with van der Waals surface area (Å²) in [7, 11) is 0. The number of aromatic nitrogens is 1. The predicted octanol–water partition coefficient (Wildman–Crippen LogP) is 5.86. The quantitative estimate of drug-likeness (QED) is 0.384. The van der Waals surface area contributed by atoms with Crippen LogP contribution < -0.4 is 4.74 Å². The number of ether oxygens (including phenoxy) is 1. The van der Waals surface area contributed by atoms with Crippen LogP contribution in [0.5, 0.6) is 5.75 Å². The largest absolute Gasteiger partial charge is 0.478 e. The molecule has 31 heavy (non-hydrogen) atoms. The first kappa shape index (κ1) is 18.9. The van der Waals surface area contributed by atoms with E-state index >= 15 is 0 Å². The lowest BCUT2D eigenvalue weighted by Gasteiger charge is -2.16. The van der Waals surface area contributed by atoms with E-state index < -0.39 is 12.1 Å². The van der Waals surface area contributed by atoms with E-state index in [0.717, 1.165) is 22.3 Å². The molecule has 0 fully saturated rings. The molecule has 1 atom stereocenters. The molecule has 0 unspecified atom stereocenters. The lowest BCUT2D eigenvalue weighted by molar-refractivity contribution is -0.145. The number of carbonyl (C=O) groups is 1. The summed E-state index contributed by atoms with van der Waals surface area (Å²) < 4.78 is 8.03. The van der Waals surface area contributed by atoms with Gasteiger partial charge in [-0.15, -0.1) is 0 Å². The van der Waals surface area contributed by atoms with Crippen molar-refractivity contribution in [1.82, 2.24) is 4.57 Å². The molecule has 5 aromatic rings. The van der Waals surface area contributed by atoms with Crippen LogP contribution in [-0.2, 0) is 11.2 Å². The van der Waals surface area contributed by atoms with Crippen molar-refractivity contribution >= 4 is 27.8 Å². The highest BCUT2D eigenvalue weighted by Gasteiger charge is 2.20. The molecule has 5 rings (SSSR count). The van der Waals surface area contributed by atoms with Crippen LogP contribution in [0.25, 0.3) is 27.5 Å². The van der Waals surface area contributed by atoms with Crippen LogP contribution in [0.1, 0.15) is 5.56 Å². The Balaban J connectivity index is 1.47. The van der Waals surface area contributed by atoms with Gasteiger partial charge in [-0.1, -0.05) is 66.7 Å². The molecule has 0 aliphatic carbocycles. The van der Waals surface area contributed by atoms with Crippen molar-refractivity contribution in [2.45, 2.75) is 12.5 Å². The van der Waals surface area contributed by atoms with E-state index in [-0.39, 0.29) is 0 Å². The highest BCUT2D eigenvalue weighted by Crippen LogP contribution is 2.32. The summed E-state index contributed by atoms with van der Waals surface area (Å²) in [5.74, 6) is -0.442. The maximum atomic E-state index is 11.7. The fraction of sp³-hybridized carbons (Fsp3) is 0.0741. The average Bonchev–Trinajstić information content (AvgIpc) is 3.14. The second-order valence-corrected chi connectivity index (χ2v) is 7.50. The van der Waals surface area contributed by atoms with Gasteiger partial charge in [-0.3, -0.25) is 0 Å². The molecule has 0 radical (unpaired) electrons. The normalized spacial score (nSPS) is 12.1. The molecule has 0 amide bonds. The van der Waals surface area contributed by atoms with E-state index in [4.69, 9.17) is 4.74 Å². The summed E-state index contributed by atoms with van der Waals surface area (Å²) >= 11 is 0. The van der Waals surface area contributed by atoms with Crippen molar-refractivity contribution in [1.29, 1.82) is 0 Å². The molecule has 1 aromatic heterocycles. The molecule has 0 aliphatic heterocycles. The monoisotopic (exact) mass is 407 g/mol. The molecule has 4 heteroatoms.